The van der Waals surface area contributed by atoms with Gasteiger partial charge in [0.2, 0.25) is 20.1 Å². The third-order valence-corrected chi connectivity index (χ3v) is 6.15. The molecule has 21 heavy (non-hydrogen) atoms. The number of halogens is 1. The molecule has 0 fully saturated rings. The molecule has 2 aromatic rings. The van der Waals surface area contributed by atoms with Gasteiger partial charge in [0.25, 0.3) is 0 Å². The molecule has 0 bridgehead atoms. The highest BCUT2D eigenvalue weighted by Gasteiger charge is 2.30. The van der Waals surface area contributed by atoms with E-state index in [-0.39, 0.29) is 23.2 Å². The van der Waals surface area contributed by atoms with Gasteiger partial charge in [0.15, 0.2) is 0 Å². The molecule has 0 saturated heterocycles. The number of benzene rings is 1. The Bertz CT molecular complexity index is 788. The molecule has 0 spiro atoms. The summed E-state index contributed by atoms with van der Waals surface area (Å²) in [5.74, 6) is -1.55. The van der Waals surface area contributed by atoms with E-state index >= 15 is 0 Å². The molecule has 0 radical (unpaired) electrons. The Labute approximate surface area is 125 Å². The van der Waals surface area contributed by atoms with Gasteiger partial charge in [-0.05, 0) is 11.6 Å². The van der Waals surface area contributed by atoms with Gasteiger partial charge in [0.05, 0.1) is 0 Å². The van der Waals surface area contributed by atoms with Crippen LogP contribution in [0.5, 0.6) is 0 Å². The van der Waals surface area contributed by atoms with Crippen molar-refractivity contribution < 1.29 is 17.6 Å². The van der Waals surface area contributed by atoms with Crippen LogP contribution in [0.2, 0.25) is 0 Å². The van der Waals surface area contributed by atoms with Crippen LogP contribution in [-0.2, 0) is 27.7 Å². The summed E-state index contributed by atoms with van der Waals surface area (Å²) in [6.07, 6.45) is 1.38. The number of hydrogen-bond acceptors (Lipinski definition) is 5. The van der Waals surface area contributed by atoms with Crippen molar-refractivity contribution in [1.82, 2.24) is 9.88 Å². The van der Waals surface area contributed by atoms with E-state index in [1.54, 1.807) is 17.5 Å². The zero-order chi connectivity index (χ0) is 15.0. The zero-order valence-electron chi connectivity index (χ0n) is 10.8. The Morgan fingerprint density at radius 1 is 1.38 bits per heavy atom. The van der Waals surface area contributed by atoms with Gasteiger partial charge in [0.1, 0.15) is 11.6 Å². The summed E-state index contributed by atoms with van der Waals surface area (Å²) in [6.45, 7) is 0.341. The maximum absolute atomic E-state index is 13.6. The summed E-state index contributed by atoms with van der Waals surface area (Å²) >= 11 is 0.974. The lowest BCUT2D eigenvalue weighted by Gasteiger charge is -2.14. The quantitative estimate of drug-likeness (QED) is 0.859. The SMILES string of the molecule is O=C(CS(=O)(=O)c1nccs1)N1Cc2cccc(F)c2C1. The van der Waals surface area contributed by atoms with Crippen LogP contribution in [-0.4, -0.2) is 30.0 Å². The van der Waals surface area contributed by atoms with Gasteiger partial charge in [-0.15, -0.1) is 11.3 Å². The normalized spacial score (nSPS) is 14.2. The highest BCUT2D eigenvalue weighted by molar-refractivity contribution is 7.93. The van der Waals surface area contributed by atoms with Crippen LogP contribution >= 0.6 is 11.3 Å². The average Bonchev–Trinajstić information content (AvgIpc) is 3.08. The lowest BCUT2D eigenvalue weighted by molar-refractivity contribution is -0.129. The molecule has 0 unspecified atom stereocenters. The third kappa shape index (κ3) is 2.68. The molecule has 8 heteroatoms. The first kappa shape index (κ1) is 14.2. The van der Waals surface area contributed by atoms with Crippen LogP contribution in [0, 0.1) is 5.82 Å². The van der Waals surface area contributed by atoms with Crippen LogP contribution in [0.1, 0.15) is 11.1 Å². The van der Waals surface area contributed by atoms with E-state index < -0.39 is 21.5 Å². The molecule has 0 saturated carbocycles. The average molecular weight is 326 g/mol. The Kier molecular flexibility index (Phi) is 3.50. The summed E-state index contributed by atoms with van der Waals surface area (Å²) in [7, 11) is -3.73. The van der Waals surface area contributed by atoms with Gasteiger partial charge in [-0.25, -0.2) is 17.8 Å². The van der Waals surface area contributed by atoms with E-state index in [2.05, 4.69) is 4.98 Å². The molecule has 0 atom stereocenters. The number of nitrogens with zero attached hydrogens (tertiary/aromatic N) is 2. The minimum Gasteiger partial charge on any atom is -0.333 e. The summed E-state index contributed by atoms with van der Waals surface area (Å²) in [6, 6.07) is 4.65. The molecular weight excluding hydrogens is 315 g/mol. The van der Waals surface area contributed by atoms with Crippen LogP contribution in [0.15, 0.2) is 34.1 Å². The van der Waals surface area contributed by atoms with Crippen LogP contribution in [0.3, 0.4) is 0 Å². The monoisotopic (exact) mass is 326 g/mol. The predicted octanol–water partition coefficient (Wildman–Crippen LogP) is 1.60. The van der Waals surface area contributed by atoms with Crippen molar-refractivity contribution in [3.63, 3.8) is 0 Å². The summed E-state index contributed by atoms with van der Waals surface area (Å²) < 4.78 is 37.6. The lowest BCUT2D eigenvalue weighted by atomic mass is 10.1. The molecule has 1 aromatic carbocycles. The van der Waals surface area contributed by atoms with Crippen LogP contribution in [0.25, 0.3) is 0 Å². The molecule has 1 amide bonds. The van der Waals surface area contributed by atoms with Gasteiger partial charge in [0, 0.05) is 30.2 Å². The summed E-state index contributed by atoms with van der Waals surface area (Å²) in [5, 5.41) is 1.54. The molecule has 0 N–H and O–H groups in total. The number of carbonyl (C=O) groups excluding carboxylic acids is 1. The molecule has 1 aromatic heterocycles. The second-order valence-corrected chi connectivity index (χ2v) is 7.74. The van der Waals surface area contributed by atoms with Crippen LogP contribution < -0.4 is 0 Å². The van der Waals surface area contributed by atoms with Crippen molar-refractivity contribution in [1.29, 1.82) is 0 Å². The van der Waals surface area contributed by atoms with Crippen molar-refractivity contribution in [2.45, 2.75) is 17.4 Å². The molecule has 110 valence electrons. The van der Waals surface area contributed by atoms with E-state index in [9.17, 15) is 17.6 Å². The molecule has 1 aliphatic rings. The second-order valence-electron chi connectivity index (χ2n) is 4.68. The maximum atomic E-state index is 13.6. The van der Waals surface area contributed by atoms with E-state index in [0.29, 0.717) is 5.56 Å². The molecule has 2 heterocycles. The highest BCUT2D eigenvalue weighted by Crippen LogP contribution is 2.25. The first-order valence-electron chi connectivity index (χ1n) is 6.13. The lowest BCUT2D eigenvalue weighted by Crippen LogP contribution is -2.31. The maximum Gasteiger partial charge on any atom is 0.238 e. The second kappa shape index (κ2) is 5.19. The first-order valence-corrected chi connectivity index (χ1v) is 8.67. The third-order valence-electron chi connectivity index (χ3n) is 3.27. The van der Waals surface area contributed by atoms with Crippen molar-refractivity contribution in [2.75, 3.05) is 5.75 Å². The van der Waals surface area contributed by atoms with Gasteiger partial charge in [-0.1, -0.05) is 12.1 Å². The van der Waals surface area contributed by atoms with Crippen LogP contribution in [0.4, 0.5) is 4.39 Å². The summed E-state index contributed by atoms with van der Waals surface area (Å²) in [5.41, 5.74) is 1.17. The molecule has 0 aliphatic carbocycles. The van der Waals surface area contributed by atoms with Gasteiger partial charge in [-0.2, -0.15) is 0 Å². The van der Waals surface area contributed by atoms with Gasteiger partial charge in [-0.3, -0.25) is 4.79 Å². The minimum absolute atomic E-state index is 0.0706. The fourth-order valence-electron chi connectivity index (χ4n) is 2.24. The van der Waals surface area contributed by atoms with Crippen molar-refractivity contribution in [3.05, 3.63) is 46.7 Å². The molecule has 3 rings (SSSR count). The zero-order valence-corrected chi connectivity index (χ0v) is 12.5. The van der Waals surface area contributed by atoms with Crippen molar-refractivity contribution in [2.24, 2.45) is 0 Å². The van der Waals surface area contributed by atoms with E-state index in [1.165, 1.54) is 17.2 Å². The smallest absolute Gasteiger partial charge is 0.238 e. The van der Waals surface area contributed by atoms with E-state index in [0.717, 1.165) is 16.9 Å². The topological polar surface area (TPSA) is 67.3 Å². The van der Waals surface area contributed by atoms with Crippen molar-refractivity contribution in [3.8, 4) is 0 Å². The standard InChI is InChI=1S/C13H11FN2O3S2/c14-11-3-1-2-9-6-16(7-10(9)11)12(17)8-21(18,19)13-15-4-5-20-13/h1-5H,6-8H2. The van der Waals surface area contributed by atoms with E-state index in [1.807, 2.05) is 0 Å². The largest absolute Gasteiger partial charge is 0.333 e. The number of sulfone groups is 1. The number of aromatic nitrogens is 1. The minimum atomic E-state index is -3.73. The number of fused-ring (bicyclic) bond motifs is 1. The number of hydrogen-bond donors (Lipinski definition) is 0. The fourth-order valence-corrected chi connectivity index (χ4v) is 4.38. The molecule has 1 aliphatic heterocycles. The highest BCUT2D eigenvalue weighted by atomic mass is 32.2. The summed E-state index contributed by atoms with van der Waals surface area (Å²) in [4.78, 5) is 17.2. The Hall–Kier alpha value is -1.80. The van der Waals surface area contributed by atoms with Gasteiger partial charge >= 0.3 is 0 Å². The Morgan fingerprint density at radius 2 is 2.19 bits per heavy atom. The number of carbonyl (C=O) groups is 1. The number of thiazole rings is 1. The Balaban J connectivity index is 1.76. The molecule has 5 nitrogen and oxygen atoms in total. The van der Waals surface area contributed by atoms with Gasteiger partial charge < -0.3 is 4.90 Å². The first-order chi connectivity index (χ1) is 9.97. The van der Waals surface area contributed by atoms with E-state index in [4.69, 9.17) is 0 Å². The molecular formula is C13H11FN2O3S2. The fraction of sp³-hybridized carbons (Fsp3) is 0.231. The predicted molar refractivity (Wildman–Crippen MR) is 74.8 cm³/mol. The van der Waals surface area contributed by atoms with Crippen molar-refractivity contribution >= 4 is 27.1 Å². The number of rotatable bonds is 3. The number of amides is 1. The Morgan fingerprint density at radius 3 is 2.86 bits per heavy atom.